The topological polar surface area (TPSA) is 69.6 Å². The Morgan fingerprint density at radius 2 is 2.00 bits per heavy atom. The van der Waals surface area contributed by atoms with E-state index in [9.17, 15) is 14.7 Å². The van der Waals surface area contributed by atoms with Gasteiger partial charge in [-0.05, 0) is 31.1 Å². The van der Waals surface area contributed by atoms with Crippen molar-refractivity contribution in [1.82, 2.24) is 10.2 Å². The van der Waals surface area contributed by atoms with E-state index in [1.54, 1.807) is 4.90 Å². The Balaban J connectivity index is 2.55. The maximum absolute atomic E-state index is 12.3. The Hall–Kier alpha value is -1.26. The summed E-state index contributed by atoms with van der Waals surface area (Å²) in [5.41, 5.74) is 0. The summed E-state index contributed by atoms with van der Waals surface area (Å²) in [7, 11) is 0. The number of hydrogen-bond donors (Lipinski definition) is 2. The lowest BCUT2D eigenvalue weighted by Crippen LogP contribution is -2.50. The molecule has 0 aromatic rings. The molecule has 5 nitrogen and oxygen atoms in total. The van der Waals surface area contributed by atoms with E-state index in [-0.39, 0.29) is 11.9 Å². The number of nitrogens with zero attached hydrogens (tertiary/aromatic N) is 1. The fourth-order valence-corrected chi connectivity index (χ4v) is 2.97. The highest BCUT2D eigenvalue weighted by Gasteiger charge is 2.28. The van der Waals surface area contributed by atoms with Crippen LogP contribution in [0.4, 0.5) is 4.79 Å². The quantitative estimate of drug-likeness (QED) is 0.791. The lowest BCUT2D eigenvalue weighted by atomic mass is 9.96. The molecule has 1 rings (SSSR count). The summed E-state index contributed by atoms with van der Waals surface area (Å²) in [5.74, 6) is -0.305. The summed E-state index contributed by atoms with van der Waals surface area (Å²) in [6, 6.07) is -1.02. The number of carboxylic acids is 1. The first-order valence-corrected chi connectivity index (χ1v) is 8.27. The van der Waals surface area contributed by atoms with Gasteiger partial charge in [0, 0.05) is 13.1 Å². The van der Waals surface area contributed by atoms with Gasteiger partial charge in [-0.3, -0.25) is 0 Å². The van der Waals surface area contributed by atoms with Gasteiger partial charge in [0.05, 0.1) is 0 Å². The number of urea groups is 1. The standard InChI is InChI=1S/C16H30N2O3/c1-4-7-13-8-6-10-18(11-9-13)16(21)17-14(15(19)20)12(3)5-2/h12-14H,4-11H2,1-3H3,(H,17,21)(H,19,20)/t12?,13?,14-/m0/s1. The van der Waals surface area contributed by atoms with E-state index in [0.29, 0.717) is 5.92 Å². The molecule has 1 heterocycles. The summed E-state index contributed by atoms with van der Waals surface area (Å²) in [5, 5.41) is 12.0. The minimum Gasteiger partial charge on any atom is -0.480 e. The highest BCUT2D eigenvalue weighted by molar-refractivity contribution is 5.82. The predicted octanol–water partition coefficient (Wildman–Crippen LogP) is 3.10. The maximum Gasteiger partial charge on any atom is 0.326 e. The lowest BCUT2D eigenvalue weighted by Gasteiger charge is -2.26. The average Bonchev–Trinajstić information content (AvgIpc) is 2.69. The number of carboxylic acid groups (broad SMARTS) is 1. The first-order chi connectivity index (χ1) is 9.99. The molecule has 0 saturated carbocycles. The van der Waals surface area contributed by atoms with Crippen LogP contribution in [-0.2, 0) is 4.79 Å². The molecule has 0 aromatic heterocycles. The third kappa shape index (κ3) is 5.56. The molecular formula is C16H30N2O3. The van der Waals surface area contributed by atoms with E-state index in [0.717, 1.165) is 32.4 Å². The second-order valence-corrected chi connectivity index (χ2v) is 6.22. The third-order valence-corrected chi connectivity index (χ3v) is 4.59. The SMILES string of the molecule is CCCC1CCCN(C(=O)N[C@H](C(=O)O)C(C)CC)CC1. The van der Waals surface area contributed by atoms with E-state index in [4.69, 9.17) is 0 Å². The van der Waals surface area contributed by atoms with Crippen molar-refractivity contribution in [2.24, 2.45) is 11.8 Å². The fourth-order valence-electron chi connectivity index (χ4n) is 2.97. The van der Waals surface area contributed by atoms with Crippen molar-refractivity contribution in [2.75, 3.05) is 13.1 Å². The smallest absolute Gasteiger partial charge is 0.326 e. The Bertz CT molecular complexity index is 346. The molecule has 2 unspecified atom stereocenters. The summed E-state index contributed by atoms with van der Waals surface area (Å²) < 4.78 is 0. The van der Waals surface area contributed by atoms with Gasteiger partial charge < -0.3 is 15.3 Å². The van der Waals surface area contributed by atoms with Crippen molar-refractivity contribution in [3.63, 3.8) is 0 Å². The van der Waals surface area contributed by atoms with Crippen molar-refractivity contribution in [3.8, 4) is 0 Å². The summed E-state index contributed by atoms with van der Waals surface area (Å²) in [4.78, 5) is 25.4. The third-order valence-electron chi connectivity index (χ3n) is 4.59. The van der Waals surface area contributed by atoms with Crippen LogP contribution in [0.1, 0.15) is 59.3 Å². The number of amides is 2. The van der Waals surface area contributed by atoms with Crippen molar-refractivity contribution in [2.45, 2.75) is 65.3 Å². The van der Waals surface area contributed by atoms with Crippen LogP contribution in [0.5, 0.6) is 0 Å². The van der Waals surface area contributed by atoms with Crippen molar-refractivity contribution < 1.29 is 14.7 Å². The van der Waals surface area contributed by atoms with Crippen LogP contribution < -0.4 is 5.32 Å². The number of likely N-dealkylation sites (tertiary alicyclic amines) is 1. The minimum absolute atomic E-state index is 0.0636. The van der Waals surface area contributed by atoms with Crippen LogP contribution in [0.25, 0.3) is 0 Å². The van der Waals surface area contributed by atoms with E-state index in [2.05, 4.69) is 12.2 Å². The number of carbonyl (C=O) groups excluding carboxylic acids is 1. The van der Waals surface area contributed by atoms with E-state index in [1.165, 1.54) is 19.3 Å². The van der Waals surface area contributed by atoms with E-state index < -0.39 is 12.0 Å². The molecule has 0 radical (unpaired) electrons. The monoisotopic (exact) mass is 298 g/mol. The van der Waals surface area contributed by atoms with Gasteiger partial charge in [0.1, 0.15) is 6.04 Å². The van der Waals surface area contributed by atoms with Crippen LogP contribution in [0.15, 0.2) is 0 Å². The number of aliphatic carboxylic acids is 1. The molecule has 2 amide bonds. The molecule has 1 saturated heterocycles. The van der Waals surface area contributed by atoms with Crippen LogP contribution in [0, 0.1) is 11.8 Å². The van der Waals surface area contributed by atoms with Crippen LogP contribution >= 0.6 is 0 Å². The lowest BCUT2D eigenvalue weighted by molar-refractivity contribution is -0.140. The Kier molecular flexibility index (Phi) is 7.54. The summed E-state index contributed by atoms with van der Waals surface area (Å²) in [6.07, 6.45) is 6.36. The molecule has 0 bridgehead atoms. The highest BCUT2D eigenvalue weighted by Crippen LogP contribution is 2.22. The Morgan fingerprint density at radius 1 is 1.29 bits per heavy atom. The van der Waals surface area contributed by atoms with Gasteiger partial charge in [-0.15, -0.1) is 0 Å². The molecule has 21 heavy (non-hydrogen) atoms. The van der Waals surface area contributed by atoms with Gasteiger partial charge in [0.2, 0.25) is 0 Å². The zero-order valence-corrected chi connectivity index (χ0v) is 13.6. The second kappa shape index (κ2) is 8.90. The number of hydrogen-bond acceptors (Lipinski definition) is 2. The second-order valence-electron chi connectivity index (χ2n) is 6.22. The first kappa shape index (κ1) is 17.8. The number of rotatable bonds is 6. The summed E-state index contributed by atoms with van der Waals surface area (Å²) in [6.45, 7) is 7.47. The molecule has 122 valence electrons. The van der Waals surface area contributed by atoms with Crippen molar-refractivity contribution >= 4 is 12.0 Å². The first-order valence-electron chi connectivity index (χ1n) is 8.27. The van der Waals surface area contributed by atoms with E-state index in [1.807, 2.05) is 13.8 Å². The van der Waals surface area contributed by atoms with Gasteiger partial charge in [-0.25, -0.2) is 9.59 Å². The highest BCUT2D eigenvalue weighted by atomic mass is 16.4. The fraction of sp³-hybridized carbons (Fsp3) is 0.875. The van der Waals surface area contributed by atoms with E-state index >= 15 is 0 Å². The molecule has 0 aliphatic carbocycles. The summed E-state index contributed by atoms with van der Waals surface area (Å²) >= 11 is 0. The molecule has 1 aliphatic heterocycles. The van der Waals surface area contributed by atoms with Crippen molar-refractivity contribution in [1.29, 1.82) is 0 Å². The molecule has 0 spiro atoms. The zero-order valence-electron chi connectivity index (χ0n) is 13.6. The number of carbonyl (C=O) groups is 2. The zero-order chi connectivity index (χ0) is 15.8. The largest absolute Gasteiger partial charge is 0.480 e. The minimum atomic E-state index is -0.948. The van der Waals surface area contributed by atoms with Gasteiger partial charge in [0.25, 0.3) is 0 Å². The molecular weight excluding hydrogens is 268 g/mol. The van der Waals surface area contributed by atoms with Gasteiger partial charge in [-0.1, -0.05) is 40.0 Å². The van der Waals surface area contributed by atoms with Crippen molar-refractivity contribution in [3.05, 3.63) is 0 Å². The normalized spacial score (nSPS) is 22.2. The molecule has 5 heteroatoms. The Morgan fingerprint density at radius 3 is 2.57 bits per heavy atom. The molecule has 1 aliphatic rings. The van der Waals surface area contributed by atoms with Gasteiger partial charge in [-0.2, -0.15) is 0 Å². The molecule has 2 N–H and O–H groups in total. The van der Waals surface area contributed by atoms with Crippen LogP contribution in [0.3, 0.4) is 0 Å². The molecule has 0 aromatic carbocycles. The number of nitrogens with one attached hydrogen (secondary N) is 1. The van der Waals surface area contributed by atoms with Crippen LogP contribution in [-0.4, -0.2) is 41.1 Å². The maximum atomic E-state index is 12.3. The molecule has 3 atom stereocenters. The average molecular weight is 298 g/mol. The Labute approximate surface area is 128 Å². The predicted molar refractivity (Wildman–Crippen MR) is 83.2 cm³/mol. The van der Waals surface area contributed by atoms with Gasteiger partial charge in [0.15, 0.2) is 0 Å². The van der Waals surface area contributed by atoms with Gasteiger partial charge >= 0.3 is 12.0 Å². The van der Waals surface area contributed by atoms with Crippen LogP contribution in [0.2, 0.25) is 0 Å². The molecule has 1 fully saturated rings.